The average Bonchev–Trinajstić information content (AvgIpc) is 3.08. The first-order chi connectivity index (χ1) is 13.3. The lowest BCUT2D eigenvalue weighted by Crippen LogP contribution is -2.36. The number of aromatic nitrogens is 1. The quantitative estimate of drug-likeness (QED) is 0.712. The van der Waals surface area contributed by atoms with Gasteiger partial charge in [0.05, 0.1) is 5.69 Å². The Morgan fingerprint density at radius 2 is 1.96 bits per heavy atom. The van der Waals surface area contributed by atoms with Gasteiger partial charge in [-0.15, -0.1) is 0 Å². The van der Waals surface area contributed by atoms with E-state index in [1.807, 2.05) is 26.0 Å². The molecule has 4 rings (SSSR count). The molecule has 28 heavy (non-hydrogen) atoms. The molecule has 7 heteroatoms. The maximum atomic E-state index is 13.3. The highest BCUT2D eigenvalue weighted by atomic mass is 19.1. The van der Waals surface area contributed by atoms with Gasteiger partial charge in [0.25, 0.3) is 0 Å². The molecule has 1 unspecified atom stereocenters. The van der Waals surface area contributed by atoms with Crippen LogP contribution in [0.2, 0.25) is 0 Å². The van der Waals surface area contributed by atoms with E-state index in [-0.39, 0.29) is 18.5 Å². The minimum absolute atomic E-state index is 0.172. The summed E-state index contributed by atoms with van der Waals surface area (Å²) in [7, 11) is 0. The van der Waals surface area contributed by atoms with E-state index >= 15 is 0 Å². The maximum Gasteiger partial charge on any atom is 0.404 e. The number of carboxylic acid groups (broad SMARTS) is 1. The molecule has 2 fully saturated rings. The number of carbonyl (C=O) groups is 1. The van der Waals surface area contributed by atoms with Crippen LogP contribution in [0.15, 0.2) is 36.4 Å². The van der Waals surface area contributed by atoms with E-state index < -0.39 is 11.5 Å². The molecule has 1 aromatic heterocycles. The summed E-state index contributed by atoms with van der Waals surface area (Å²) < 4.78 is 19.5. The molecule has 2 aromatic rings. The molecule has 1 saturated carbocycles. The number of amides is 1. The van der Waals surface area contributed by atoms with E-state index in [0.29, 0.717) is 23.4 Å². The van der Waals surface area contributed by atoms with Gasteiger partial charge in [0.2, 0.25) is 5.88 Å². The summed E-state index contributed by atoms with van der Waals surface area (Å²) >= 11 is 0. The third-order valence-corrected chi connectivity index (χ3v) is 5.67. The number of hydrogen-bond acceptors (Lipinski definition) is 4. The average molecular weight is 385 g/mol. The second kappa shape index (κ2) is 7.05. The molecular weight excluding hydrogens is 361 g/mol. The van der Waals surface area contributed by atoms with Gasteiger partial charge in [0.1, 0.15) is 11.9 Å². The molecule has 1 saturated heterocycles. The summed E-state index contributed by atoms with van der Waals surface area (Å²) in [5.41, 5.74) is 1.91. The smallest absolute Gasteiger partial charge is 0.404 e. The number of piperidine rings is 1. The van der Waals surface area contributed by atoms with Crippen LogP contribution in [0.5, 0.6) is 5.88 Å². The van der Waals surface area contributed by atoms with E-state index in [9.17, 15) is 9.18 Å². The maximum absolute atomic E-state index is 13.3. The number of fused-ring (bicyclic) bond motifs is 1. The summed E-state index contributed by atoms with van der Waals surface area (Å²) in [4.78, 5) is 15.6. The number of pyridine rings is 1. The fourth-order valence-corrected chi connectivity index (χ4v) is 3.80. The van der Waals surface area contributed by atoms with Gasteiger partial charge in [-0.2, -0.15) is 0 Å². The van der Waals surface area contributed by atoms with Crippen LogP contribution in [0.3, 0.4) is 0 Å². The van der Waals surface area contributed by atoms with E-state index in [1.165, 1.54) is 12.1 Å². The monoisotopic (exact) mass is 385 g/mol. The molecule has 1 aliphatic heterocycles. The van der Waals surface area contributed by atoms with E-state index in [1.54, 1.807) is 12.1 Å². The van der Waals surface area contributed by atoms with Crippen molar-refractivity contribution in [2.45, 2.75) is 25.4 Å². The molecule has 3 atom stereocenters. The number of ether oxygens (including phenoxy) is 1. The fourth-order valence-electron chi connectivity index (χ4n) is 3.80. The van der Waals surface area contributed by atoms with Crippen molar-refractivity contribution in [3.63, 3.8) is 0 Å². The molecule has 0 bridgehead atoms. The summed E-state index contributed by atoms with van der Waals surface area (Å²) in [5, 5.41) is 14.8. The Balaban J connectivity index is 1.66. The van der Waals surface area contributed by atoms with E-state index in [4.69, 9.17) is 9.84 Å². The van der Waals surface area contributed by atoms with Crippen LogP contribution < -0.4 is 15.4 Å². The van der Waals surface area contributed by atoms with Crippen molar-refractivity contribution >= 4 is 6.09 Å². The molecule has 0 spiro atoms. The number of nitrogens with one attached hydrogen (secondary N) is 2. The largest absolute Gasteiger partial charge is 0.474 e. The lowest BCUT2D eigenvalue weighted by molar-refractivity contribution is 0.192. The molecule has 3 N–H and O–H groups in total. The van der Waals surface area contributed by atoms with Crippen molar-refractivity contribution in [2.24, 2.45) is 11.8 Å². The van der Waals surface area contributed by atoms with Gasteiger partial charge in [0.15, 0.2) is 0 Å². The van der Waals surface area contributed by atoms with Crippen LogP contribution >= 0.6 is 0 Å². The molecule has 1 aromatic carbocycles. The highest BCUT2D eigenvalue weighted by molar-refractivity contribution is 5.65. The first-order valence-corrected chi connectivity index (χ1v) is 9.46. The Bertz CT molecular complexity index is 875. The predicted molar refractivity (Wildman–Crippen MR) is 103 cm³/mol. The molecule has 148 valence electrons. The molecule has 2 heterocycles. The van der Waals surface area contributed by atoms with Crippen LogP contribution in [-0.4, -0.2) is 41.9 Å². The van der Waals surface area contributed by atoms with Crippen molar-refractivity contribution in [3.8, 4) is 17.1 Å². The second-order valence-corrected chi connectivity index (χ2v) is 8.20. The predicted octanol–water partition coefficient (Wildman–Crippen LogP) is 3.03. The van der Waals surface area contributed by atoms with Crippen LogP contribution in [0.1, 0.15) is 19.4 Å². The lowest BCUT2D eigenvalue weighted by atomic mass is 9.84. The van der Waals surface area contributed by atoms with Crippen molar-refractivity contribution in [3.05, 3.63) is 47.8 Å². The summed E-state index contributed by atoms with van der Waals surface area (Å²) in [6.07, 6.45) is -0.888. The third-order valence-electron chi connectivity index (χ3n) is 5.67. The summed E-state index contributed by atoms with van der Waals surface area (Å²) in [5.74, 6) is 1.28. The summed E-state index contributed by atoms with van der Waals surface area (Å²) in [6.45, 7) is 6.12. The van der Waals surface area contributed by atoms with Crippen LogP contribution in [-0.2, 0) is 5.41 Å². The molecule has 1 amide bonds. The van der Waals surface area contributed by atoms with E-state index in [0.717, 1.165) is 24.2 Å². The van der Waals surface area contributed by atoms with Crippen LogP contribution in [0.25, 0.3) is 11.3 Å². The highest BCUT2D eigenvalue weighted by Gasteiger charge is 2.55. The van der Waals surface area contributed by atoms with Gasteiger partial charge in [-0.25, -0.2) is 14.2 Å². The number of halogens is 1. The van der Waals surface area contributed by atoms with Crippen molar-refractivity contribution in [2.75, 3.05) is 19.6 Å². The number of hydrogen-bond donors (Lipinski definition) is 3. The van der Waals surface area contributed by atoms with Crippen molar-refractivity contribution in [1.29, 1.82) is 0 Å². The number of rotatable bonds is 6. The fraction of sp³-hybridized carbons (Fsp3) is 0.429. The Labute approximate surface area is 163 Å². The number of nitrogens with zero attached hydrogens (tertiary/aromatic N) is 1. The van der Waals surface area contributed by atoms with Crippen LogP contribution in [0, 0.1) is 17.7 Å². The van der Waals surface area contributed by atoms with E-state index in [2.05, 4.69) is 15.6 Å². The zero-order chi connectivity index (χ0) is 19.9. The standard InChI is InChI=1S/C21H24FN3O3/c1-21(2,11-24-20(26)27)13-7-17(12-3-5-14(22)6-4-12)25-18(8-13)28-19-15-9-23-10-16(15)19/h3-8,15-16,19,23-24H,9-11H2,1-2H3,(H,26,27)/t15-,16+,19?. The van der Waals surface area contributed by atoms with Gasteiger partial charge in [0, 0.05) is 48.5 Å². The molecule has 6 nitrogen and oxygen atoms in total. The zero-order valence-corrected chi connectivity index (χ0v) is 15.9. The van der Waals surface area contributed by atoms with Crippen molar-refractivity contribution < 1.29 is 19.0 Å². The highest BCUT2D eigenvalue weighted by Crippen LogP contribution is 2.44. The van der Waals surface area contributed by atoms with Crippen LogP contribution in [0.4, 0.5) is 9.18 Å². The Kier molecular flexibility index (Phi) is 4.71. The zero-order valence-electron chi connectivity index (χ0n) is 15.9. The van der Waals surface area contributed by atoms with Gasteiger partial charge >= 0.3 is 6.09 Å². The minimum atomic E-state index is -1.06. The lowest BCUT2D eigenvalue weighted by Gasteiger charge is -2.26. The summed E-state index contributed by atoms with van der Waals surface area (Å²) in [6, 6.07) is 9.97. The minimum Gasteiger partial charge on any atom is -0.474 e. The van der Waals surface area contributed by atoms with Gasteiger partial charge < -0.3 is 20.5 Å². The molecule has 0 radical (unpaired) electrons. The SMILES string of the molecule is CC(C)(CNC(=O)O)c1cc(OC2[C@H]3CNC[C@@H]23)nc(-c2ccc(F)cc2)c1. The first-order valence-electron chi connectivity index (χ1n) is 9.46. The topological polar surface area (TPSA) is 83.5 Å². The Morgan fingerprint density at radius 3 is 2.61 bits per heavy atom. The second-order valence-electron chi connectivity index (χ2n) is 8.20. The molecule has 2 aliphatic rings. The molecule has 1 aliphatic carbocycles. The third kappa shape index (κ3) is 3.80. The van der Waals surface area contributed by atoms with Crippen molar-refractivity contribution in [1.82, 2.24) is 15.6 Å². The molecular formula is C21H24FN3O3. The van der Waals surface area contributed by atoms with Gasteiger partial charge in [-0.1, -0.05) is 13.8 Å². The van der Waals surface area contributed by atoms with Gasteiger partial charge in [-0.05, 0) is 35.9 Å². The Morgan fingerprint density at radius 1 is 1.29 bits per heavy atom. The Hall–Kier alpha value is -2.67. The normalized spacial score (nSPS) is 23.2. The first kappa shape index (κ1) is 18.7. The number of benzene rings is 1. The van der Waals surface area contributed by atoms with Gasteiger partial charge in [-0.3, -0.25) is 0 Å².